The fourth-order valence-corrected chi connectivity index (χ4v) is 2.16. The molecule has 0 atom stereocenters. The number of hydrogen-bond donors (Lipinski definition) is 1. The lowest BCUT2D eigenvalue weighted by molar-refractivity contribution is 0.316. The van der Waals surface area contributed by atoms with Gasteiger partial charge >= 0.3 is 0 Å². The van der Waals surface area contributed by atoms with Gasteiger partial charge in [-0.15, -0.1) is 0 Å². The third-order valence-corrected chi connectivity index (χ3v) is 3.79. The average molecular weight is 308 g/mol. The van der Waals surface area contributed by atoms with Crippen LogP contribution >= 0.6 is 15.9 Å². The second kappa shape index (κ2) is 5.54. The summed E-state index contributed by atoms with van der Waals surface area (Å²) in [4.78, 5) is 0. The fraction of sp³-hybridized carbons (Fsp3) is 0.400. The average Bonchev–Trinajstić information content (AvgIpc) is 2.17. The third-order valence-electron chi connectivity index (χ3n) is 1.91. The van der Waals surface area contributed by atoms with Crippen molar-refractivity contribution in [2.24, 2.45) is 0 Å². The molecule has 2 N–H and O–H groups in total. The summed E-state index contributed by atoms with van der Waals surface area (Å²) in [5.41, 5.74) is 6.27. The monoisotopic (exact) mass is 307 g/mol. The van der Waals surface area contributed by atoms with E-state index in [0.717, 1.165) is 0 Å². The third kappa shape index (κ3) is 4.40. The van der Waals surface area contributed by atoms with Crippen molar-refractivity contribution in [3.8, 4) is 5.75 Å². The predicted octanol–water partition coefficient (Wildman–Crippen LogP) is 1.84. The van der Waals surface area contributed by atoms with E-state index >= 15 is 0 Å². The maximum Gasteiger partial charge on any atom is 0.147 e. The lowest BCUT2D eigenvalue weighted by Crippen LogP contribution is -2.08. The van der Waals surface area contributed by atoms with Crippen LogP contribution in [0.15, 0.2) is 22.7 Å². The minimum atomic E-state index is -2.91. The number of rotatable bonds is 5. The molecule has 90 valence electrons. The van der Waals surface area contributed by atoms with Crippen LogP contribution in [0.25, 0.3) is 0 Å². The Bertz CT molecular complexity index is 459. The van der Waals surface area contributed by atoms with Gasteiger partial charge in [0.2, 0.25) is 0 Å². The first-order valence-corrected chi connectivity index (χ1v) is 7.60. The second-order valence-electron chi connectivity index (χ2n) is 3.49. The van der Waals surface area contributed by atoms with Crippen LogP contribution in [-0.4, -0.2) is 27.0 Å². The Balaban J connectivity index is 2.47. The summed E-state index contributed by atoms with van der Waals surface area (Å²) in [5.74, 6) is 0.765. The largest absolute Gasteiger partial charge is 0.492 e. The van der Waals surface area contributed by atoms with Crippen LogP contribution in [0.5, 0.6) is 5.75 Å². The quantitative estimate of drug-likeness (QED) is 0.666. The van der Waals surface area contributed by atoms with Crippen LogP contribution in [0.4, 0.5) is 5.69 Å². The SMILES string of the molecule is CS(=O)(=O)CCCOc1cccc(N)c1Br. The molecule has 1 aromatic rings. The van der Waals surface area contributed by atoms with Crippen molar-refractivity contribution in [2.75, 3.05) is 24.3 Å². The molecule has 1 rings (SSSR count). The summed E-state index contributed by atoms with van der Waals surface area (Å²) in [6.07, 6.45) is 1.68. The highest BCUT2D eigenvalue weighted by Gasteiger charge is 2.05. The molecule has 0 saturated carbocycles. The topological polar surface area (TPSA) is 69.4 Å². The minimum Gasteiger partial charge on any atom is -0.492 e. The number of hydrogen-bond acceptors (Lipinski definition) is 4. The van der Waals surface area contributed by atoms with Gasteiger partial charge < -0.3 is 10.5 Å². The van der Waals surface area contributed by atoms with E-state index in [1.165, 1.54) is 6.26 Å². The summed E-state index contributed by atoms with van der Waals surface area (Å²) in [7, 11) is -2.91. The van der Waals surface area contributed by atoms with Gasteiger partial charge in [-0.3, -0.25) is 0 Å². The van der Waals surface area contributed by atoms with E-state index in [0.29, 0.717) is 28.9 Å². The van der Waals surface area contributed by atoms with Crippen molar-refractivity contribution in [1.82, 2.24) is 0 Å². The van der Waals surface area contributed by atoms with Crippen molar-refractivity contribution >= 4 is 31.5 Å². The number of ether oxygens (including phenoxy) is 1. The highest BCUT2D eigenvalue weighted by atomic mass is 79.9. The molecule has 16 heavy (non-hydrogen) atoms. The van der Waals surface area contributed by atoms with Crippen molar-refractivity contribution in [2.45, 2.75) is 6.42 Å². The van der Waals surface area contributed by atoms with Crippen molar-refractivity contribution < 1.29 is 13.2 Å². The molecule has 0 heterocycles. The van der Waals surface area contributed by atoms with Gasteiger partial charge in [0.15, 0.2) is 0 Å². The second-order valence-corrected chi connectivity index (χ2v) is 6.54. The standard InChI is InChI=1S/C10H14BrNO3S/c1-16(13,14)7-3-6-15-9-5-2-4-8(12)10(9)11/h2,4-5H,3,6-7,12H2,1H3. The first-order valence-electron chi connectivity index (χ1n) is 4.74. The zero-order valence-corrected chi connectivity index (χ0v) is 11.3. The number of nitrogen functional groups attached to an aromatic ring is 1. The molecule has 0 aliphatic heterocycles. The zero-order chi connectivity index (χ0) is 12.2. The van der Waals surface area contributed by atoms with Crippen molar-refractivity contribution in [3.63, 3.8) is 0 Å². The van der Waals surface area contributed by atoms with Gasteiger partial charge in [-0.1, -0.05) is 6.07 Å². The Labute approximate surface area is 104 Å². The number of nitrogens with two attached hydrogens (primary N) is 1. The lowest BCUT2D eigenvalue weighted by atomic mass is 10.3. The number of halogens is 1. The Hall–Kier alpha value is -0.750. The first kappa shape index (κ1) is 13.3. The minimum absolute atomic E-state index is 0.132. The molecule has 0 unspecified atom stereocenters. The van der Waals surface area contributed by atoms with Crippen LogP contribution < -0.4 is 10.5 Å². The normalized spacial score (nSPS) is 11.4. The highest BCUT2D eigenvalue weighted by Crippen LogP contribution is 2.30. The van der Waals surface area contributed by atoms with E-state index in [1.54, 1.807) is 18.2 Å². The number of sulfone groups is 1. The summed E-state index contributed by atoms with van der Waals surface area (Å²) in [6, 6.07) is 5.32. The smallest absolute Gasteiger partial charge is 0.147 e. The maximum absolute atomic E-state index is 10.9. The molecule has 0 bridgehead atoms. The van der Waals surface area contributed by atoms with Crippen LogP contribution in [-0.2, 0) is 9.84 Å². The molecular formula is C10H14BrNO3S. The molecule has 0 aromatic heterocycles. The highest BCUT2D eigenvalue weighted by molar-refractivity contribution is 9.10. The van der Waals surface area contributed by atoms with E-state index < -0.39 is 9.84 Å². The molecule has 0 spiro atoms. The molecule has 6 heteroatoms. The van der Waals surface area contributed by atoms with E-state index in [2.05, 4.69) is 15.9 Å². The molecule has 0 radical (unpaired) electrons. The molecule has 0 fully saturated rings. The van der Waals surface area contributed by atoms with Gasteiger partial charge in [0.1, 0.15) is 15.6 Å². The summed E-state index contributed by atoms with van der Waals surface area (Å²) < 4.78 is 27.9. The summed E-state index contributed by atoms with van der Waals surface area (Å²) >= 11 is 3.30. The first-order chi connectivity index (χ1) is 7.40. The molecular weight excluding hydrogens is 294 g/mol. The van der Waals surface area contributed by atoms with E-state index in [4.69, 9.17) is 10.5 Å². The predicted molar refractivity (Wildman–Crippen MR) is 68.4 cm³/mol. The number of anilines is 1. The van der Waals surface area contributed by atoms with E-state index in [1.807, 2.05) is 0 Å². The lowest BCUT2D eigenvalue weighted by Gasteiger charge is -2.08. The zero-order valence-electron chi connectivity index (χ0n) is 8.94. The van der Waals surface area contributed by atoms with Crippen LogP contribution in [0.3, 0.4) is 0 Å². The van der Waals surface area contributed by atoms with Gasteiger partial charge in [0, 0.05) is 11.9 Å². The van der Waals surface area contributed by atoms with Crippen LogP contribution in [0.2, 0.25) is 0 Å². The Morgan fingerprint density at radius 2 is 2.12 bits per heavy atom. The van der Waals surface area contributed by atoms with Gasteiger partial charge in [0.25, 0.3) is 0 Å². The maximum atomic E-state index is 10.9. The summed E-state index contributed by atoms with van der Waals surface area (Å²) in [6.45, 7) is 0.356. The molecule has 1 aromatic carbocycles. The molecule has 0 aliphatic rings. The number of benzene rings is 1. The van der Waals surface area contributed by atoms with E-state index in [-0.39, 0.29) is 5.75 Å². The van der Waals surface area contributed by atoms with E-state index in [9.17, 15) is 8.42 Å². The Morgan fingerprint density at radius 1 is 1.44 bits per heavy atom. The molecule has 0 saturated heterocycles. The van der Waals surface area contributed by atoms with Crippen molar-refractivity contribution in [3.05, 3.63) is 22.7 Å². The summed E-state index contributed by atoms with van der Waals surface area (Å²) in [5, 5.41) is 0. The van der Waals surface area contributed by atoms with Crippen molar-refractivity contribution in [1.29, 1.82) is 0 Å². The van der Waals surface area contributed by atoms with Gasteiger partial charge in [-0.25, -0.2) is 8.42 Å². The van der Waals surface area contributed by atoms with Crippen LogP contribution in [0, 0.1) is 0 Å². The van der Waals surface area contributed by atoms with Gasteiger partial charge in [-0.2, -0.15) is 0 Å². The molecule has 4 nitrogen and oxygen atoms in total. The molecule has 0 amide bonds. The van der Waals surface area contributed by atoms with Gasteiger partial charge in [0.05, 0.1) is 16.8 Å². The van der Waals surface area contributed by atoms with Crippen LogP contribution in [0.1, 0.15) is 6.42 Å². The fourth-order valence-electron chi connectivity index (χ4n) is 1.14. The van der Waals surface area contributed by atoms with Gasteiger partial charge in [-0.05, 0) is 34.5 Å². The Kier molecular flexibility index (Phi) is 4.61. The molecule has 0 aliphatic carbocycles. The Morgan fingerprint density at radius 3 is 2.75 bits per heavy atom.